The third kappa shape index (κ3) is 2.15. The average Bonchev–Trinajstić information content (AvgIpc) is 2.47. The van der Waals surface area contributed by atoms with Crippen molar-refractivity contribution in [3.63, 3.8) is 0 Å². The van der Waals surface area contributed by atoms with Gasteiger partial charge in [0.05, 0.1) is 12.0 Å². The number of aromatic carboxylic acids is 1. The van der Waals surface area contributed by atoms with Gasteiger partial charge in [-0.1, -0.05) is 12.1 Å². The monoisotopic (exact) mass is 300 g/mol. The maximum atomic E-state index is 12.7. The van der Waals surface area contributed by atoms with E-state index >= 15 is 0 Å². The second-order valence-corrected chi connectivity index (χ2v) is 5.56. The van der Waals surface area contributed by atoms with Gasteiger partial charge in [-0.3, -0.25) is 4.79 Å². The molecule has 106 valence electrons. The Kier molecular flexibility index (Phi) is 3.35. The van der Waals surface area contributed by atoms with Crippen molar-refractivity contribution in [2.45, 2.75) is 6.92 Å². The molecule has 0 spiro atoms. The molecule has 0 aliphatic carbocycles. The predicted molar refractivity (Wildman–Crippen MR) is 83.7 cm³/mol. The first-order valence-corrected chi connectivity index (χ1v) is 7.29. The third-order valence-electron chi connectivity index (χ3n) is 3.22. The van der Waals surface area contributed by atoms with Crippen LogP contribution in [0.25, 0.3) is 20.2 Å². The fraction of sp³-hybridized carbons (Fsp3) is 0.125. The van der Waals surface area contributed by atoms with Gasteiger partial charge in [-0.05, 0) is 31.2 Å². The molecule has 0 bridgehead atoms. The minimum absolute atomic E-state index is 0.0175. The van der Waals surface area contributed by atoms with E-state index in [-0.39, 0.29) is 16.7 Å². The first kappa shape index (κ1) is 13.6. The van der Waals surface area contributed by atoms with E-state index in [2.05, 4.69) is 0 Å². The number of carbonyl (C=O) groups is 1. The van der Waals surface area contributed by atoms with Crippen LogP contribution in [0, 0.1) is 0 Å². The molecule has 1 heterocycles. The highest BCUT2D eigenvalue weighted by Crippen LogP contribution is 2.33. The largest absolute Gasteiger partial charge is 0.492 e. The van der Waals surface area contributed by atoms with Crippen molar-refractivity contribution < 1.29 is 14.6 Å². The molecule has 0 aliphatic heterocycles. The highest BCUT2D eigenvalue weighted by molar-refractivity contribution is 7.24. The van der Waals surface area contributed by atoms with Crippen LogP contribution in [0.4, 0.5) is 0 Å². The van der Waals surface area contributed by atoms with Gasteiger partial charge in [-0.15, -0.1) is 11.3 Å². The Morgan fingerprint density at radius 1 is 1.19 bits per heavy atom. The Labute approximate surface area is 124 Å². The fourth-order valence-electron chi connectivity index (χ4n) is 2.32. The number of fused-ring (bicyclic) bond motifs is 2. The summed E-state index contributed by atoms with van der Waals surface area (Å²) in [5.74, 6) is -0.938. The summed E-state index contributed by atoms with van der Waals surface area (Å²) in [7, 11) is 0. The molecule has 1 N–H and O–H groups in total. The first-order valence-electron chi connectivity index (χ1n) is 6.48. The maximum absolute atomic E-state index is 12.7. The summed E-state index contributed by atoms with van der Waals surface area (Å²) in [4.78, 5) is 24.0. The molecule has 2 aromatic carbocycles. The lowest BCUT2D eigenvalue weighted by Gasteiger charge is -2.10. The Balaban J connectivity index is 2.51. The van der Waals surface area contributed by atoms with Gasteiger partial charge in [0.1, 0.15) is 11.3 Å². The van der Waals surface area contributed by atoms with Crippen molar-refractivity contribution in [3.05, 3.63) is 52.2 Å². The molecule has 21 heavy (non-hydrogen) atoms. The summed E-state index contributed by atoms with van der Waals surface area (Å²) in [5.41, 5.74) is -0.171. The van der Waals surface area contributed by atoms with E-state index in [1.807, 2.05) is 12.1 Å². The maximum Gasteiger partial charge on any atom is 0.339 e. The van der Waals surface area contributed by atoms with Gasteiger partial charge in [0.15, 0.2) is 5.43 Å². The van der Waals surface area contributed by atoms with Crippen LogP contribution in [-0.4, -0.2) is 17.7 Å². The lowest BCUT2D eigenvalue weighted by molar-refractivity contribution is 0.0693. The molecule has 0 amide bonds. The Hall–Kier alpha value is -2.40. The molecule has 0 unspecified atom stereocenters. The quantitative estimate of drug-likeness (QED) is 0.752. The molecule has 3 aromatic rings. The predicted octanol–water partition coefficient (Wildman–Crippen LogP) is 3.51. The van der Waals surface area contributed by atoms with Crippen LogP contribution in [0.5, 0.6) is 5.75 Å². The number of rotatable bonds is 3. The van der Waals surface area contributed by atoms with Gasteiger partial charge in [0.25, 0.3) is 0 Å². The van der Waals surface area contributed by atoms with Crippen LogP contribution in [0.2, 0.25) is 0 Å². The second-order valence-electron chi connectivity index (χ2n) is 4.48. The van der Waals surface area contributed by atoms with Gasteiger partial charge in [-0.25, -0.2) is 4.79 Å². The highest BCUT2D eigenvalue weighted by atomic mass is 32.1. The van der Waals surface area contributed by atoms with E-state index in [1.54, 1.807) is 25.1 Å². The lowest BCUT2D eigenvalue weighted by atomic mass is 10.1. The molecule has 0 atom stereocenters. The zero-order valence-corrected chi connectivity index (χ0v) is 12.1. The summed E-state index contributed by atoms with van der Waals surface area (Å²) in [5, 5.41) is 10.2. The first-order chi connectivity index (χ1) is 10.1. The van der Waals surface area contributed by atoms with Gasteiger partial charge >= 0.3 is 5.97 Å². The van der Waals surface area contributed by atoms with E-state index in [1.165, 1.54) is 17.4 Å². The van der Waals surface area contributed by atoms with Crippen LogP contribution in [0.1, 0.15) is 17.3 Å². The van der Waals surface area contributed by atoms with Gasteiger partial charge < -0.3 is 9.84 Å². The average molecular weight is 300 g/mol. The number of carboxylic acid groups (broad SMARTS) is 1. The fourth-order valence-corrected chi connectivity index (χ4v) is 3.40. The summed E-state index contributed by atoms with van der Waals surface area (Å²) < 4.78 is 7.07. The summed E-state index contributed by atoms with van der Waals surface area (Å²) >= 11 is 1.45. The molecule has 0 fully saturated rings. The SMILES string of the molecule is CCOc1c(C(=O)O)ccc2sc3ccccc3c(=O)c12. The van der Waals surface area contributed by atoms with E-state index in [4.69, 9.17) is 4.74 Å². The molecule has 0 aliphatic rings. The molecule has 4 nitrogen and oxygen atoms in total. The minimum atomic E-state index is -1.10. The highest BCUT2D eigenvalue weighted by Gasteiger charge is 2.18. The third-order valence-corrected chi connectivity index (χ3v) is 4.35. The molecule has 0 radical (unpaired) electrons. The molecule has 0 saturated heterocycles. The van der Waals surface area contributed by atoms with E-state index in [0.29, 0.717) is 17.4 Å². The Bertz CT molecular complexity index is 911. The molecule has 1 aromatic heterocycles. The number of hydrogen-bond acceptors (Lipinski definition) is 4. The van der Waals surface area contributed by atoms with Gasteiger partial charge in [0, 0.05) is 14.8 Å². The van der Waals surface area contributed by atoms with Crippen molar-refractivity contribution in [2.24, 2.45) is 0 Å². The second kappa shape index (κ2) is 5.18. The van der Waals surface area contributed by atoms with Crippen LogP contribution >= 0.6 is 11.3 Å². The zero-order valence-electron chi connectivity index (χ0n) is 11.3. The number of ether oxygens (including phenoxy) is 1. The Morgan fingerprint density at radius 3 is 2.67 bits per heavy atom. The molecule has 0 saturated carbocycles. The van der Waals surface area contributed by atoms with Crippen molar-refractivity contribution in [3.8, 4) is 5.75 Å². The van der Waals surface area contributed by atoms with Crippen molar-refractivity contribution >= 4 is 37.5 Å². The van der Waals surface area contributed by atoms with Crippen LogP contribution < -0.4 is 10.2 Å². The number of carboxylic acids is 1. The zero-order chi connectivity index (χ0) is 15.0. The van der Waals surface area contributed by atoms with Crippen molar-refractivity contribution in [2.75, 3.05) is 6.61 Å². The van der Waals surface area contributed by atoms with Crippen molar-refractivity contribution in [1.29, 1.82) is 0 Å². The van der Waals surface area contributed by atoms with Crippen LogP contribution in [0.15, 0.2) is 41.2 Å². The van der Waals surface area contributed by atoms with E-state index < -0.39 is 5.97 Å². The number of hydrogen-bond donors (Lipinski definition) is 1. The topological polar surface area (TPSA) is 63.6 Å². The summed E-state index contributed by atoms with van der Waals surface area (Å²) in [6.45, 7) is 2.07. The molecular weight excluding hydrogens is 288 g/mol. The normalized spacial score (nSPS) is 10.9. The summed E-state index contributed by atoms with van der Waals surface area (Å²) in [6, 6.07) is 10.5. The van der Waals surface area contributed by atoms with E-state index in [0.717, 1.165) is 9.40 Å². The summed E-state index contributed by atoms with van der Waals surface area (Å²) in [6.07, 6.45) is 0. The Morgan fingerprint density at radius 2 is 1.95 bits per heavy atom. The van der Waals surface area contributed by atoms with E-state index in [9.17, 15) is 14.7 Å². The number of benzene rings is 2. The lowest BCUT2D eigenvalue weighted by Crippen LogP contribution is -2.09. The van der Waals surface area contributed by atoms with Crippen LogP contribution in [0.3, 0.4) is 0 Å². The molecular formula is C16H12O4S. The smallest absolute Gasteiger partial charge is 0.339 e. The van der Waals surface area contributed by atoms with Crippen LogP contribution in [-0.2, 0) is 0 Å². The van der Waals surface area contributed by atoms with Gasteiger partial charge in [-0.2, -0.15) is 0 Å². The van der Waals surface area contributed by atoms with Gasteiger partial charge in [0.2, 0.25) is 0 Å². The molecule has 5 heteroatoms. The molecule has 3 rings (SSSR count). The minimum Gasteiger partial charge on any atom is -0.492 e. The standard InChI is InChI=1S/C16H12O4S/c1-2-20-15-10(16(18)19)7-8-12-13(15)14(17)9-5-3-4-6-11(9)21-12/h3-8H,2H2,1H3,(H,18,19). The van der Waals surface area contributed by atoms with Crippen molar-refractivity contribution in [1.82, 2.24) is 0 Å².